The molecule has 0 aliphatic rings. The van der Waals surface area contributed by atoms with Gasteiger partial charge in [-0.3, -0.25) is 19.7 Å². The number of carbonyl (C=O) groups excluding carboxylic acids is 1. The number of H-pyrrole nitrogens is 1. The van der Waals surface area contributed by atoms with Gasteiger partial charge in [0.25, 0.3) is 11.6 Å². The number of nitrogens with one attached hydrogen (secondary N) is 2. The number of aromatic amines is 1. The van der Waals surface area contributed by atoms with Gasteiger partial charge in [-0.25, -0.2) is 0 Å². The van der Waals surface area contributed by atoms with E-state index >= 15 is 0 Å². The van der Waals surface area contributed by atoms with E-state index in [1.165, 1.54) is 24.4 Å². The van der Waals surface area contributed by atoms with Gasteiger partial charge in [0.15, 0.2) is 0 Å². The van der Waals surface area contributed by atoms with Crippen LogP contribution < -0.4 is 10.9 Å². The Morgan fingerprint density at radius 2 is 1.96 bits per heavy atom. The van der Waals surface area contributed by atoms with E-state index in [1.807, 2.05) is 0 Å². The average molecular weight is 329 g/mol. The van der Waals surface area contributed by atoms with E-state index in [4.69, 9.17) is 0 Å². The molecule has 0 aliphatic carbocycles. The Morgan fingerprint density at radius 1 is 1.25 bits per heavy atom. The van der Waals surface area contributed by atoms with Crippen LogP contribution in [0.3, 0.4) is 0 Å². The number of benzene rings is 1. The molecule has 1 amide bonds. The largest absolute Gasteiger partial charge is 0.352 e. The maximum absolute atomic E-state index is 12.0. The fourth-order valence-corrected chi connectivity index (χ4v) is 2.35. The molecule has 1 aromatic heterocycles. The van der Waals surface area contributed by atoms with Crippen molar-refractivity contribution in [2.75, 3.05) is 6.54 Å². The second kappa shape index (κ2) is 8.05. The first-order valence-electron chi connectivity index (χ1n) is 7.68. The highest BCUT2D eigenvalue weighted by Gasteiger charge is 2.08. The van der Waals surface area contributed by atoms with E-state index in [0.29, 0.717) is 17.7 Å². The zero-order valence-corrected chi connectivity index (χ0v) is 13.4. The molecular weight excluding hydrogens is 310 g/mol. The summed E-state index contributed by atoms with van der Waals surface area (Å²) in [6, 6.07) is 7.89. The van der Waals surface area contributed by atoms with E-state index in [1.54, 1.807) is 19.1 Å². The van der Waals surface area contributed by atoms with Gasteiger partial charge >= 0.3 is 0 Å². The summed E-state index contributed by atoms with van der Waals surface area (Å²) in [7, 11) is 0. The molecule has 2 N–H and O–H groups in total. The van der Waals surface area contributed by atoms with Gasteiger partial charge in [-0.15, -0.1) is 0 Å². The van der Waals surface area contributed by atoms with E-state index in [-0.39, 0.29) is 17.2 Å². The molecule has 2 aromatic rings. The maximum Gasteiger partial charge on any atom is 0.269 e. The van der Waals surface area contributed by atoms with Crippen molar-refractivity contribution in [1.29, 1.82) is 0 Å². The van der Waals surface area contributed by atoms with Crippen LogP contribution in [0.1, 0.15) is 34.3 Å². The van der Waals surface area contributed by atoms with E-state index < -0.39 is 4.92 Å². The molecular formula is C17H19N3O4. The third kappa shape index (κ3) is 4.77. The summed E-state index contributed by atoms with van der Waals surface area (Å²) < 4.78 is 0. The summed E-state index contributed by atoms with van der Waals surface area (Å²) >= 11 is 0. The van der Waals surface area contributed by atoms with Gasteiger partial charge in [0, 0.05) is 30.9 Å². The summed E-state index contributed by atoms with van der Waals surface area (Å²) in [5.74, 6) is -0.209. The third-order valence-corrected chi connectivity index (χ3v) is 3.70. The van der Waals surface area contributed by atoms with Crippen LogP contribution in [-0.2, 0) is 6.42 Å². The molecule has 0 radical (unpaired) electrons. The summed E-state index contributed by atoms with van der Waals surface area (Å²) in [6.45, 7) is 2.25. The molecule has 1 aromatic carbocycles. The normalized spacial score (nSPS) is 10.4. The van der Waals surface area contributed by atoms with E-state index in [0.717, 1.165) is 24.8 Å². The summed E-state index contributed by atoms with van der Waals surface area (Å²) in [5.41, 5.74) is 1.99. The Balaban J connectivity index is 1.73. The number of unbranched alkanes of at least 4 members (excludes halogenated alkanes) is 1. The van der Waals surface area contributed by atoms with Gasteiger partial charge in [-0.1, -0.05) is 12.1 Å². The van der Waals surface area contributed by atoms with Crippen LogP contribution >= 0.6 is 0 Å². The number of nitrogens with zero attached hydrogens (tertiary/aromatic N) is 1. The van der Waals surface area contributed by atoms with Crippen molar-refractivity contribution >= 4 is 11.6 Å². The van der Waals surface area contributed by atoms with Crippen molar-refractivity contribution in [2.24, 2.45) is 0 Å². The molecule has 0 spiro atoms. The highest BCUT2D eigenvalue weighted by molar-refractivity contribution is 5.95. The highest BCUT2D eigenvalue weighted by Crippen LogP contribution is 2.13. The van der Waals surface area contributed by atoms with E-state index in [9.17, 15) is 19.7 Å². The van der Waals surface area contributed by atoms with Crippen LogP contribution in [0.2, 0.25) is 0 Å². The second-order valence-electron chi connectivity index (χ2n) is 5.53. The molecule has 0 aliphatic heterocycles. The number of non-ortho nitro benzene ring substituents is 1. The van der Waals surface area contributed by atoms with E-state index in [2.05, 4.69) is 10.3 Å². The van der Waals surface area contributed by atoms with Gasteiger partial charge in [-0.05, 0) is 37.3 Å². The molecule has 0 bridgehead atoms. The first-order valence-corrected chi connectivity index (χ1v) is 7.68. The summed E-state index contributed by atoms with van der Waals surface area (Å²) in [6.07, 6.45) is 3.88. The Kier molecular flexibility index (Phi) is 5.83. The summed E-state index contributed by atoms with van der Waals surface area (Å²) in [4.78, 5) is 35.8. The Bertz CT molecular complexity index is 781. The number of rotatable bonds is 7. The minimum Gasteiger partial charge on any atom is -0.352 e. The number of amides is 1. The topological polar surface area (TPSA) is 105 Å². The quantitative estimate of drug-likeness (QED) is 0.462. The number of nitro benzene ring substituents is 1. The van der Waals surface area contributed by atoms with Crippen molar-refractivity contribution in [3.05, 3.63) is 73.7 Å². The minimum absolute atomic E-state index is 0.0854. The molecule has 0 unspecified atom stereocenters. The molecule has 1 heterocycles. The molecule has 0 saturated heterocycles. The Hall–Kier alpha value is -2.96. The van der Waals surface area contributed by atoms with Crippen LogP contribution in [0, 0.1) is 17.0 Å². The molecule has 24 heavy (non-hydrogen) atoms. The van der Waals surface area contributed by atoms with Crippen molar-refractivity contribution in [3.8, 4) is 0 Å². The molecule has 0 atom stereocenters. The van der Waals surface area contributed by atoms with Crippen LogP contribution in [0.15, 0.2) is 41.3 Å². The maximum atomic E-state index is 12.0. The highest BCUT2D eigenvalue weighted by atomic mass is 16.6. The van der Waals surface area contributed by atoms with Crippen LogP contribution in [0.25, 0.3) is 0 Å². The van der Waals surface area contributed by atoms with Gasteiger partial charge in [0.1, 0.15) is 0 Å². The van der Waals surface area contributed by atoms with Gasteiger partial charge < -0.3 is 10.3 Å². The lowest BCUT2D eigenvalue weighted by Crippen LogP contribution is -2.26. The molecule has 0 fully saturated rings. The fraction of sp³-hybridized carbons (Fsp3) is 0.294. The van der Waals surface area contributed by atoms with Crippen molar-refractivity contribution < 1.29 is 9.72 Å². The van der Waals surface area contributed by atoms with Crippen molar-refractivity contribution in [1.82, 2.24) is 10.3 Å². The number of carbonyl (C=O) groups is 1. The Morgan fingerprint density at radius 3 is 2.58 bits per heavy atom. The number of nitro groups is 1. The third-order valence-electron chi connectivity index (χ3n) is 3.70. The second-order valence-corrected chi connectivity index (χ2v) is 5.53. The zero-order chi connectivity index (χ0) is 17.5. The van der Waals surface area contributed by atoms with Crippen LogP contribution in [0.4, 0.5) is 5.69 Å². The van der Waals surface area contributed by atoms with Crippen LogP contribution in [0.5, 0.6) is 0 Å². The predicted molar refractivity (Wildman–Crippen MR) is 90.2 cm³/mol. The molecule has 126 valence electrons. The van der Waals surface area contributed by atoms with Gasteiger partial charge in [0.2, 0.25) is 5.56 Å². The SMILES string of the molecule is Cc1cc(=O)[nH]cc1C(=O)NCCCCc1ccc([N+](=O)[O-])cc1. The van der Waals surface area contributed by atoms with Crippen molar-refractivity contribution in [3.63, 3.8) is 0 Å². The molecule has 7 heteroatoms. The zero-order valence-electron chi connectivity index (χ0n) is 13.4. The van der Waals surface area contributed by atoms with Gasteiger partial charge in [0.05, 0.1) is 10.5 Å². The number of hydrogen-bond donors (Lipinski definition) is 2. The number of aryl methyl sites for hydroxylation is 2. The lowest BCUT2D eigenvalue weighted by molar-refractivity contribution is -0.384. The Labute approximate surface area is 138 Å². The van der Waals surface area contributed by atoms with Crippen molar-refractivity contribution in [2.45, 2.75) is 26.2 Å². The first-order chi connectivity index (χ1) is 11.5. The average Bonchev–Trinajstić information content (AvgIpc) is 2.54. The fourth-order valence-electron chi connectivity index (χ4n) is 2.35. The minimum atomic E-state index is -0.419. The lowest BCUT2D eigenvalue weighted by Gasteiger charge is -2.07. The standard InChI is InChI=1S/C17H19N3O4/c1-12-10-16(21)19-11-15(12)17(22)18-9-3-2-4-13-5-7-14(8-6-13)20(23)24/h5-8,10-11H,2-4,9H2,1H3,(H,18,22)(H,19,21). The number of aromatic nitrogens is 1. The number of pyridine rings is 1. The summed E-state index contributed by atoms with van der Waals surface area (Å²) in [5, 5.41) is 13.4. The predicted octanol–water partition coefficient (Wildman–Crippen LogP) is 2.34. The van der Waals surface area contributed by atoms with Gasteiger partial charge in [-0.2, -0.15) is 0 Å². The van der Waals surface area contributed by atoms with Crippen LogP contribution in [-0.4, -0.2) is 22.4 Å². The molecule has 7 nitrogen and oxygen atoms in total. The molecule has 2 rings (SSSR count). The first kappa shape index (κ1) is 17.4. The lowest BCUT2D eigenvalue weighted by atomic mass is 10.1. The molecule has 0 saturated carbocycles. The smallest absolute Gasteiger partial charge is 0.269 e. The monoisotopic (exact) mass is 329 g/mol. The number of hydrogen-bond acceptors (Lipinski definition) is 4.